The molecule has 0 aliphatic rings. The van der Waals surface area contributed by atoms with E-state index in [2.05, 4.69) is 0 Å². The van der Waals surface area contributed by atoms with E-state index in [4.69, 9.17) is 10.8 Å². The summed E-state index contributed by atoms with van der Waals surface area (Å²) in [6, 6.07) is 6.33. The first-order valence-electron chi connectivity index (χ1n) is 3.78. The third-order valence-electron chi connectivity index (χ3n) is 1.74. The highest BCUT2D eigenvalue weighted by atomic mass is 32.2. The van der Waals surface area contributed by atoms with Crippen molar-refractivity contribution in [1.82, 2.24) is 0 Å². The molecule has 70 valence electrons. The number of hydrogen-bond acceptors (Lipinski definition) is 3. The highest BCUT2D eigenvalue weighted by Gasteiger charge is 2.16. The lowest BCUT2D eigenvalue weighted by atomic mass is 10.1. The fraction of sp³-hybridized carbons (Fsp3) is 0.222. The minimum absolute atomic E-state index is 0.669. The number of carboxylic acids is 1. The van der Waals surface area contributed by atoms with Crippen LogP contribution in [0, 0.1) is 0 Å². The molecule has 0 unspecified atom stereocenters. The van der Waals surface area contributed by atoms with E-state index in [1.165, 1.54) is 11.8 Å². The van der Waals surface area contributed by atoms with Crippen molar-refractivity contribution in [1.29, 1.82) is 0 Å². The van der Waals surface area contributed by atoms with Gasteiger partial charge in [0.25, 0.3) is 0 Å². The first-order chi connectivity index (χ1) is 6.16. The van der Waals surface area contributed by atoms with E-state index in [9.17, 15) is 4.79 Å². The Morgan fingerprint density at radius 3 is 2.69 bits per heavy atom. The summed E-state index contributed by atoms with van der Waals surface area (Å²) in [6.07, 6.45) is 1.90. The lowest BCUT2D eigenvalue weighted by Crippen LogP contribution is -2.21. The third kappa shape index (κ3) is 2.23. The van der Waals surface area contributed by atoms with Crippen LogP contribution in [0.4, 0.5) is 0 Å². The molecule has 13 heavy (non-hydrogen) atoms. The number of hydrogen-bond donors (Lipinski definition) is 2. The van der Waals surface area contributed by atoms with Gasteiger partial charge in [-0.05, 0) is 17.9 Å². The quantitative estimate of drug-likeness (QED) is 0.721. The normalized spacial score (nSPS) is 12.5. The second kappa shape index (κ2) is 4.30. The number of thioether (sulfide) groups is 1. The number of rotatable bonds is 3. The van der Waals surface area contributed by atoms with Gasteiger partial charge in [0.1, 0.15) is 6.04 Å². The number of benzene rings is 1. The Morgan fingerprint density at radius 2 is 2.15 bits per heavy atom. The summed E-state index contributed by atoms with van der Waals surface area (Å²) in [5, 5.41) is 8.72. The predicted molar refractivity (Wildman–Crippen MR) is 52.8 cm³/mol. The van der Waals surface area contributed by atoms with E-state index in [1.807, 2.05) is 18.4 Å². The van der Waals surface area contributed by atoms with Crippen LogP contribution in [0.25, 0.3) is 0 Å². The molecule has 1 rings (SSSR count). The highest BCUT2D eigenvalue weighted by Crippen LogP contribution is 2.24. The maximum absolute atomic E-state index is 10.6. The summed E-state index contributed by atoms with van der Waals surface area (Å²) in [6.45, 7) is 0. The minimum Gasteiger partial charge on any atom is -0.480 e. The predicted octanol–water partition coefficient (Wildman–Crippen LogP) is 1.49. The summed E-state index contributed by atoms with van der Waals surface area (Å²) in [4.78, 5) is 11.5. The summed E-state index contributed by atoms with van der Waals surface area (Å²) >= 11 is 1.50. The summed E-state index contributed by atoms with van der Waals surface area (Å²) < 4.78 is 0. The van der Waals surface area contributed by atoms with Crippen molar-refractivity contribution >= 4 is 17.7 Å². The molecule has 3 N–H and O–H groups in total. The van der Waals surface area contributed by atoms with Crippen molar-refractivity contribution in [3.05, 3.63) is 29.8 Å². The van der Waals surface area contributed by atoms with Crippen LogP contribution in [0.1, 0.15) is 11.6 Å². The topological polar surface area (TPSA) is 63.3 Å². The number of carbonyl (C=O) groups is 1. The van der Waals surface area contributed by atoms with Crippen LogP contribution in [0.3, 0.4) is 0 Å². The summed E-state index contributed by atoms with van der Waals surface area (Å²) in [5.41, 5.74) is 6.17. The molecule has 0 aliphatic carbocycles. The van der Waals surface area contributed by atoms with Crippen LogP contribution in [-0.4, -0.2) is 17.3 Å². The van der Waals surface area contributed by atoms with Crippen molar-refractivity contribution in [3.63, 3.8) is 0 Å². The molecule has 0 heterocycles. The first kappa shape index (κ1) is 10.1. The van der Waals surface area contributed by atoms with Gasteiger partial charge in [-0.1, -0.05) is 18.2 Å². The largest absolute Gasteiger partial charge is 0.480 e. The van der Waals surface area contributed by atoms with Gasteiger partial charge in [-0.3, -0.25) is 4.79 Å². The SMILES string of the molecule is CSc1ccccc1[C@@H](N)C(=O)O. The zero-order valence-electron chi connectivity index (χ0n) is 7.23. The number of carboxylic acid groups (broad SMARTS) is 1. The zero-order valence-corrected chi connectivity index (χ0v) is 8.04. The van der Waals surface area contributed by atoms with Crippen molar-refractivity contribution < 1.29 is 9.90 Å². The molecule has 1 atom stereocenters. The van der Waals surface area contributed by atoms with Crippen LogP contribution >= 0.6 is 11.8 Å². The molecule has 0 saturated carbocycles. The van der Waals surface area contributed by atoms with E-state index in [1.54, 1.807) is 12.1 Å². The van der Waals surface area contributed by atoms with Crippen molar-refractivity contribution in [3.8, 4) is 0 Å². The molecule has 0 bridgehead atoms. The summed E-state index contributed by atoms with van der Waals surface area (Å²) in [5.74, 6) is -0.999. The Kier molecular flexibility index (Phi) is 3.33. The summed E-state index contributed by atoms with van der Waals surface area (Å²) in [7, 11) is 0. The standard InChI is InChI=1S/C9H11NO2S/c1-13-7-5-3-2-4-6(7)8(10)9(11)12/h2-5,8H,10H2,1H3,(H,11,12)/t8-/m1/s1. The van der Waals surface area contributed by atoms with Gasteiger partial charge in [0.15, 0.2) is 0 Å². The molecular formula is C9H11NO2S. The molecule has 0 amide bonds. The van der Waals surface area contributed by atoms with Gasteiger partial charge in [0, 0.05) is 4.90 Å². The van der Waals surface area contributed by atoms with Gasteiger partial charge in [-0.15, -0.1) is 11.8 Å². The van der Waals surface area contributed by atoms with Gasteiger partial charge >= 0.3 is 5.97 Å². The van der Waals surface area contributed by atoms with E-state index in [0.717, 1.165) is 4.90 Å². The lowest BCUT2D eigenvalue weighted by Gasteiger charge is -2.10. The fourth-order valence-electron chi connectivity index (χ4n) is 1.06. The highest BCUT2D eigenvalue weighted by molar-refractivity contribution is 7.98. The average molecular weight is 197 g/mol. The third-order valence-corrected chi connectivity index (χ3v) is 2.55. The maximum atomic E-state index is 10.6. The lowest BCUT2D eigenvalue weighted by molar-refractivity contribution is -0.138. The van der Waals surface area contributed by atoms with Crippen LogP contribution < -0.4 is 5.73 Å². The van der Waals surface area contributed by atoms with E-state index in [0.29, 0.717) is 5.56 Å². The number of nitrogens with two attached hydrogens (primary N) is 1. The van der Waals surface area contributed by atoms with Gasteiger partial charge in [-0.25, -0.2) is 0 Å². The van der Waals surface area contributed by atoms with E-state index in [-0.39, 0.29) is 0 Å². The molecule has 0 saturated heterocycles. The average Bonchev–Trinajstić information content (AvgIpc) is 2.16. The van der Waals surface area contributed by atoms with Crippen molar-refractivity contribution in [2.45, 2.75) is 10.9 Å². The Hall–Kier alpha value is -1.00. The van der Waals surface area contributed by atoms with Gasteiger partial charge in [0.2, 0.25) is 0 Å². The van der Waals surface area contributed by atoms with Crippen LogP contribution in [-0.2, 0) is 4.79 Å². The molecule has 0 aliphatic heterocycles. The molecule has 3 nitrogen and oxygen atoms in total. The Labute approximate surface area is 80.9 Å². The minimum atomic E-state index is -0.999. The monoisotopic (exact) mass is 197 g/mol. The Balaban J connectivity index is 3.05. The van der Waals surface area contributed by atoms with E-state index < -0.39 is 12.0 Å². The molecule has 1 aromatic carbocycles. The molecule has 0 radical (unpaired) electrons. The van der Waals surface area contributed by atoms with E-state index >= 15 is 0 Å². The second-order valence-electron chi connectivity index (χ2n) is 2.56. The van der Waals surface area contributed by atoms with Gasteiger partial charge in [0.05, 0.1) is 0 Å². The molecule has 4 heteroatoms. The van der Waals surface area contributed by atoms with Crippen LogP contribution in [0.2, 0.25) is 0 Å². The van der Waals surface area contributed by atoms with Crippen molar-refractivity contribution in [2.75, 3.05) is 6.26 Å². The molecule has 0 aromatic heterocycles. The van der Waals surface area contributed by atoms with Crippen LogP contribution in [0.5, 0.6) is 0 Å². The molecule has 0 fully saturated rings. The second-order valence-corrected chi connectivity index (χ2v) is 3.41. The fourth-order valence-corrected chi connectivity index (χ4v) is 1.70. The number of aliphatic carboxylic acids is 1. The Morgan fingerprint density at radius 1 is 1.54 bits per heavy atom. The van der Waals surface area contributed by atoms with Gasteiger partial charge < -0.3 is 10.8 Å². The maximum Gasteiger partial charge on any atom is 0.325 e. The first-order valence-corrected chi connectivity index (χ1v) is 5.00. The Bertz CT molecular complexity index is 314. The zero-order chi connectivity index (χ0) is 9.84. The van der Waals surface area contributed by atoms with Crippen LogP contribution in [0.15, 0.2) is 29.2 Å². The smallest absolute Gasteiger partial charge is 0.325 e. The van der Waals surface area contributed by atoms with Crippen molar-refractivity contribution in [2.24, 2.45) is 5.73 Å². The molecule has 0 spiro atoms. The molecular weight excluding hydrogens is 186 g/mol. The molecule has 1 aromatic rings. The van der Waals surface area contributed by atoms with Gasteiger partial charge in [-0.2, -0.15) is 0 Å².